The van der Waals surface area contributed by atoms with E-state index in [-0.39, 0.29) is 6.04 Å². The lowest BCUT2D eigenvalue weighted by Gasteiger charge is -2.34. The Morgan fingerprint density at radius 1 is 1.44 bits per heavy atom. The van der Waals surface area contributed by atoms with Crippen molar-refractivity contribution in [1.82, 2.24) is 4.90 Å². The monoisotopic (exact) mass is 314 g/mol. The SMILES string of the molecule is COc1ccc(Br)c(C(CN)N2CCOCC2)c1. The maximum Gasteiger partial charge on any atom is 0.119 e. The third kappa shape index (κ3) is 3.03. The van der Waals surface area contributed by atoms with Crippen molar-refractivity contribution in [3.05, 3.63) is 28.2 Å². The number of benzene rings is 1. The van der Waals surface area contributed by atoms with Crippen LogP contribution in [0.1, 0.15) is 11.6 Å². The van der Waals surface area contributed by atoms with Gasteiger partial charge in [0.1, 0.15) is 5.75 Å². The Hall–Kier alpha value is -0.620. The molecule has 100 valence electrons. The summed E-state index contributed by atoms with van der Waals surface area (Å²) in [5.41, 5.74) is 7.13. The molecule has 1 unspecified atom stereocenters. The standard InChI is InChI=1S/C13H19BrN2O2/c1-17-10-2-3-12(14)11(8-10)13(9-15)16-4-6-18-7-5-16/h2-3,8,13H,4-7,9,15H2,1H3. The average Bonchev–Trinajstić information content (AvgIpc) is 2.43. The van der Waals surface area contributed by atoms with Crippen LogP contribution in [0.5, 0.6) is 5.75 Å². The first-order valence-electron chi connectivity index (χ1n) is 6.11. The predicted octanol–water partition coefficient (Wildman–Crippen LogP) is 1.79. The fourth-order valence-electron chi connectivity index (χ4n) is 2.27. The number of rotatable bonds is 4. The van der Waals surface area contributed by atoms with Gasteiger partial charge in [-0.3, -0.25) is 4.90 Å². The van der Waals surface area contributed by atoms with Crippen LogP contribution in [0.25, 0.3) is 0 Å². The fraction of sp³-hybridized carbons (Fsp3) is 0.538. The number of methoxy groups -OCH3 is 1. The molecular formula is C13H19BrN2O2. The average molecular weight is 315 g/mol. The minimum atomic E-state index is 0.207. The lowest BCUT2D eigenvalue weighted by molar-refractivity contribution is 0.0177. The summed E-state index contributed by atoms with van der Waals surface area (Å²) in [5.74, 6) is 0.861. The summed E-state index contributed by atoms with van der Waals surface area (Å²) in [4.78, 5) is 2.36. The van der Waals surface area contributed by atoms with Gasteiger partial charge in [0.05, 0.1) is 20.3 Å². The lowest BCUT2D eigenvalue weighted by Crippen LogP contribution is -2.41. The number of ether oxygens (including phenoxy) is 2. The second-order valence-electron chi connectivity index (χ2n) is 4.29. The van der Waals surface area contributed by atoms with Crippen LogP contribution in [0, 0.1) is 0 Å². The van der Waals surface area contributed by atoms with E-state index in [1.165, 1.54) is 5.56 Å². The molecule has 1 aliphatic rings. The van der Waals surface area contributed by atoms with Gasteiger partial charge in [-0.15, -0.1) is 0 Å². The quantitative estimate of drug-likeness (QED) is 0.920. The van der Waals surface area contributed by atoms with Gasteiger partial charge in [0.15, 0.2) is 0 Å². The van der Waals surface area contributed by atoms with Gasteiger partial charge < -0.3 is 15.2 Å². The highest BCUT2D eigenvalue weighted by Crippen LogP contribution is 2.31. The minimum absolute atomic E-state index is 0.207. The Labute approximate surface area is 116 Å². The summed E-state index contributed by atoms with van der Waals surface area (Å²) in [5, 5.41) is 0. The van der Waals surface area contributed by atoms with Gasteiger partial charge in [0, 0.05) is 30.1 Å². The maximum absolute atomic E-state index is 5.95. The lowest BCUT2D eigenvalue weighted by atomic mass is 10.0. The van der Waals surface area contributed by atoms with E-state index in [9.17, 15) is 0 Å². The van der Waals surface area contributed by atoms with Crippen LogP contribution >= 0.6 is 15.9 Å². The third-order valence-corrected chi connectivity index (χ3v) is 3.99. The molecule has 1 aliphatic heterocycles. The third-order valence-electron chi connectivity index (χ3n) is 3.27. The van der Waals surface area contributed by atoms with E-state index in [0.717, 1.165) is 36.5 Å². The molecule has 2 N–H and O–H groups in total. The number of morpholine rings is 1. The molecule has 0 amide bonds. The van der Waals surface area contributed by atoms with Crippen molar-refractivity contribution in [2.24, 2.45) is 5.73 Å². The van der Waals surface area contributed by atoms with Crippen molar-refractivity contribution >= 4 is 15.9 Å². The van der Waals surface area contributed by atoms with E-state index in [0.29, 0.717) is 6.54 Å². The van der Waals surface area contributed by atoms with Gasteiger partial charge >= 0.3 is 0 Å². The number of nitrogens with zero attached hydrogens (tertiary/aromatic N) is 1. The van der Waals surface area contributed by atoms with Crippen LogP contribution in [0.2, 0.25) is 0 Å². The Kier molecular flexibility index (Phi) is 5.00. The number of nitrogens with two attached hydrogens (primary N) is 1. The van der Waals surface area contributed by atoms with Crippen LogP contribution in [0.4, 0.5) is 0 Å². The number of hydrogen-bond acceptors (Lipinski definition) is 4. The highest BCUT2D eigenvalue weighted by molar-refractivity contribution is 9.10. The van der Waals surface area contributed by atoms with Crippen LogP contribution in [-0.4, -0.2) is 44.9 Å². The molecule has 1 atom stereocenters. The minimum Gasteiger partial charge on any atom is -0.497 e. The molecule has 0 spiro atoms. The number of hydrogen-bond donors (Lipinski definition) is 1. The van der Waals surface area contributed by atoms with Crippen molar-refractivity contribution in [2.45, 2.75) is 6.04 Å². The van der Waals surface area contributed by atoms with Gasteiger partial charge in [-0.25, -0.2) is 0 Å². The smallest absolute Gasteiger partial charge is 0.119 e. The van der Waals surface area contributed by atoms with E-state index in [2.05, 4.69) is 26.9 Å². The largest absolute Gasteiger partial charge is 0.497 e. The Bertz CT molecular complexity index is 395. The number of halogens is 1. The van der Waals surface area contributed by atoms with Crippen molar-refractivity contribution in [1.29, 1.82) is 0 Å². The molecular weight excluding hydrogens is 296 g/mol. The van der Waals surface area contributed by atoms with Crippen LogP contribution in [-0.2, 0) is 4.74 Å². The summed E-state index contributed by atoms with van der Waals surface area (Å²) in [7, 11) is 1.68. The fourth-order valence-corrected chi connectivity index (χ4v) is 2.78. The molecule has 5 heteroatoms. The van der Waals surface area contributed by atoms with Gasteiger partial charge in [-0.2, -0.15) is 0 Å². The van der Waals surface area contributed by atoms with Gasteiger partial charge in [0.25, 0.3) is 0 Å². The molecule has 1 aromatic rings. The molecule has 2 rings (SSSR count). The molecule has 1 fully saturated rings. The Morgan fingerprint density at radius 3 is 2.78 bits per heavy atom. The molecule has 0 saturated carbocycles. The summed E-state index contributed by atoms with van der Waals surface area (Å²) in [6.45, 7) is 3.99. The first-order chi connectivity index (χ1) is 8.76. The van der Waals surface area contributed by atoms with Gasteiger partial charge in [0.2, 0.25) is 0 Å². The van der Waals surface area contributed by atoms with Crippen molar-refractivity contribution in [2.75, 3.05) is 40.0 Å². The zero-order chi connectivity index (χ0) is 13.0. The van der Waals surface area contributed by atoms with Crippen LogP contribution in [0.3, 0.4) is 0 Å². The second-order valence-corrected chi connectivity index (χ2v) is 5.14. The molecule has 0 aliphatic carbocycles. The molecule has 1 saturated heterocycles. The van der Waals surface area contributed by atoms with Crippen LogP contribution in [0.15, 0.2) is 22.7 Å². The van der Waals surface area contributed by atoms with E-state index in [1.807, 2.05) is 12.1 Å². The topological polar surface area (TPSA) is 47.7 Å². The molecule has 1 aromatic carbocycles. The second kappa shape index (κ2) is 6.52. The molecule has 0 radical (unpaired) electrons. The zero-order valence-electron chi connectivity index (χ0n) is 10.6. The van der Waals surface area contributed by atoms with Crippen LogP contribution < -0.4 is 10.5 Å². The Balaban J connectivity index is 2.25. The van der Waals surface area contributed by atoms with Gasteiger partial charge in [-0.1, -0.05) is 15.9 Å². The van der Waals surface area contributed by atoms with E-state index in [1.54, 1.807) is 7.11 Å². The van der Waals surface area contributed by atoms with E-state index >= 15 is 0 Å². The first-order valence-corrected chi connectivity index (χ1v) is 6.91. The van der Waals surface area contributed by atoms with Gasteiger partial charge in [-0.05, 0) is 23.8 Å². The predicted molar refractivity (Wildman–Crippen MR) is 74.9 cm³/mol. The molecule has 0 bridgehead atoms. The first kappa shape index (κ1) is 13.8. The summed E-state index contributed by atoms with van der Waals surface area (Å²) in [6, 6.07) is 6.22. The highest BCUT2D eigenvalue weighted by atomic mass is 79.9. The summed E-state index contributed by atoms with van der Waals surface area (Å²) in [6.07, 6.45) is 0. The zero-order valence-corrected chi connectivity index (χ0v) is 12.1. The molecule has 18 heavy (non-hydrogen) atoms. The summed E-state index contributed by atoms with van der Waals surface area (Å²) >= 11 is 3.60. The molecule has 1 heterocycles. The Morgan fingerprint density at radius 2 is 2.17 bits per heavy atom. The van der Waals surface area contributed by atoms with Crippen molar-refractivity contribution in [3.63, 3.8) is 0 Å². The highest BCUT2D eigenvalue weighted by Gasteiger charge is 2.23. The van der Waals surface area contributed by atoms with Crippen molar-refractivity contribution < 1.29 is 9.47 Å². The van der Waals surface area contributed by atoms with E-state index in [4.69, 9.17) is 15.2 Å². The molecule has 4 nitrogen and oxygen atoms in total. The normalized spacial score (nSPS) is 18.6. The molecule has 0 aromatic heterocycles. The van der Waals surface area contributed by atoms with E-state index < -0.39 is 0 Å². The van der Waals surface area contributed by atoms with Crippen molar-refractivity contribution in [3.8, 4) is 5.75 Å². The maximum atomic E-state index is 5.95. The summed E-state index contributed by atoms with van der Waals surface area (Å²) < 4.78 is 11.7.